The van der Waals surface area contributed by atoms with E-state index in [0.717, 1.165) is 9.99 Å². The third-order valence-electron chi connectivity index (χ3n) is 1.63. The van der Waals surface area contributed by atoms with Crippen LogP contribution in [0.15, 0.2) is 22.1 Å². The molecule has 0 aliphatic heterocycles. The van der Waals surface area contributed by atoms with E-state index in [9.17, 15) is 0 Å². The standard InChI is InChI=1S/C8H6BrNS/c1-5-2-3-6-8(7(5)9)10-4-11-6/h2-4H,1H3. The fourth-order valence-electron chi connectivity index (χ4n) is 0.999. The van der Waals surface area contributed by atoms with E-state index in [2.05, 4.69) is 40.0 Å². The van der Waals surface area contributed by atoms with E-state index in [4.69, 9.17) is 0 Å². The predicted octanol–water partition coefficient (Wildman–Crippen LogP) is 3.37. The highest BCUT2D eigenvalue weighted by molar-refractivity contribution is 9.10. The molecule has 1 aromatic carbocycles. The lowest BCUT2D eigenvalue weighted by Crippen LogP contribution is -1.75. The van der Waals surface area contributed by atoms with Crippen molar-refractivity contribution in [3.05, 3.63) is 27.7 Å². The second-order valence-corrected chi connectivity index (χ2v) is 4.07. The molecule has 1 heterocycles. The van der Waals surface area contributed by atoms with E-state index >= 15 is 0 Å². The molecule has 56 valence electrons. The average Bonchev–Trinajstić information content (AvgIpc) is 2.45. The van der Waals surface area contributed by atoms with Crippen LogP contribution in [0.2, 0.25) is 0 Å². The molecule has 0 unspecified atom stereocenters. The number of fused-ring (bicyclic) bond motifs is 1. The number of hydrogen-bond donors (Lipinski definition) is 0. The highest BCUT2D eigenvalue weighted by Gasteiger charge is 2.02. The first kappa shape index (κ1) is 7.25. The van der Waals surface area contributed by atoms with Gasteiger partial charge in [-0.3, -0.25) is 0 Å². The zero-order chi connectivity index (χ0) is 7.84. The second kappa shape index (κ2) is 2.57. The second-order valence-electron chi connectivity index (χ2n) is 2.40. The van der Waals surface area contributed by atoms with Crippen LogP contribution in [0.5, 0.6) is 0 Å². The van der Waals surface area contributed by atoms with Gasteiger partial charge >= 0.3 is 0 Å². The highest BCUT2D eigenvalue weighted by Crippen LogP contribution is 2.28. The van der Waals surface area contributed by atoms with Gasteiger partial charge in [-0.2, -0.15) is 0 Å². The Kier molecular flexibility index (Phi) is 1.69. The Labute approximate surface area is 77.2 Å². The summed E-state index contributed by atoms with van der Waals surface area (Å²) in [6, 6.07) is 4.21. The number of rotatable bonds is 0. The van der Waals surface area contributed by atoms with Gasteiger partial charge in [-0.1, -0.05) is 6.07 Å². The first-order valence-corrected chi connectivity index (χ1v) is 4.94. The highest BCUT2D eigenvalue weighted by atomic mass is 79.9. The molecule has 0 fully saturated rings. The van der Waals surface area contributed by atoms with Gasteiger partial charge in [0.1, 0.15) is 0 Å². The Morgan fingerprint density at radius 3 is 3.09 bits per heavy atom. The smallest absolute Gasteiger partial charge is 0.0956 e. The molecule has 0 saturated heterocycles. The third-order valence-corrected chi connectivity index (χ3v) is 3.43. The van der Waals surface area contributed by atoms with Crippen LogP contribution in [0.4, 0.5) is 0 Å². The summed E-state index contributed by atoms with van der Waals surface area (Å²) in [7, 11) is 0. The predicted molar refractivity (Wildman–Crippen MR) is 52.1 cm³/mol. The van der Waals surface area contributed by atoms with Crippen LogP contribution in [0.25, 0.3) is 10.2 Å². The van der Waals surface area contributed by atoms with Gasteiger partial charge in [-0.25, -0.2) is 4.98 Å². The van der Waals surface area contributed by atoms with Gasteiger partial charge in [0.2, 0.25) is 0 Å². The van der Waals surface area contributed by atoms with Gasteiger partial charge in [0.25, 0.3) is 0 Å². The van der Waals surface area contributed by atoms with Crippen molar-refractivity contribution in [2.45, 2.75) is 6.92 Å². The van der Waals surface area contributed by atoms with Gasteiger partial charge in [0.15, 0.2) is 0 Å². The van der Waals surface area contributed by atoms with Gasteiger partial charge in [-0.15, -0.1) is 11.3 Å². The van der Waals surface area contributed by atoms with Crippen molar-refractivity contribution < 1.29 is 0 Å². The number of aromatic nitrogens is 1. The Balaban J connectivity index is 2.93. The van der Waals surface area contributed by atoms with Crippen LogP contribution < -0.4 is 0 Å². The molecule has 0 N–H and O–H groups in total. The Morgan fingerprint density at radius 1 is 1.45 bits per heavy atom. The minimum absolute atomic E-state index is 1.08. The summed E-state index contributed by atoms with van der Waals surface area (Å²) in [5.41, 5.74) is 4.19. The van der Waals surface area contributed by atoms with Crippen molar-refractivity contribution in [1.82, 2.24) is 4.98 Å². The van der Waals surface area contributed by atoms with E-state index < -0.39 is 0 Å². The van der Waals surface area contributed by atoms with Crippen LogP contribution in [0.1, 0.15) is 5.56 Å². The van der Waals surface area contributed by atoms with Gasteiger partial charge in [0, 0.05) is 4.47 Å². The summed E-state index contributed by atoms with van der Waals surface area (Å²) in [6.45, 7) is 2.07. The van der Waals surface area contributed by atoms with Crippen LogP contribution in [0.3, 0.4) is 0 Å². The van der Waals surface area contributed by atoms with Crippen molar-refractivity contribution in [2.75, 3.05) is 0 Å². The van der Waals surface area contributed by atoms with Crippen LogP contribution in [-0.4, -0.2) is 4.98 Å². The number of nitrogens with zero attached hydrogens (tertiary/aromatic N) is 1. The summed E-state index contributed by atoms with van der Waals surface area (Å²) in [5, 5.41) is 0. The number of hydrogen-bond acceptors (Lipinski definition) is 2. The van der Waals surface area contributed by atoms with Crippen LogP contribution in [0, 0.1) is 6.92 Å². The molecular weight excluding hydrogens is 222 g/mol. The SMILES string of the molecule is Cc1ccc2scnc2c1Br. The minimum Gasteiger partial charge on any atom is -0.243 e. The summed E-state index contributed by atoms with van der Waals surface area (Å²) in [4.78, 5) is 4.25. The first-order chi connectivity index (χ1) is 5.29. The molecule has 0 amide bonds. The molecule has 0 saturated carbocycles. The molecule has 0 bridgehead atoms. The van der Waals surface area contributed by atoms with Crippen molar-refractivity contribution >= 4 is 37.5 Å². The Hall–Kier alpha value is -0.410. The molecule has 2 rings (SSSR count). The maximum atomic E-state index is 4.25. The molecule has 0 radical (unpaired) electrons. The van der Waals surface area contributed by atoms with E-state index in [1.165, 1.54) is 10.3 Å². The van der Waals surface area contributed by atoms with Crippen LogP contribution >= 0.6 is 27.3 Å². The Bertz CT molecular complexity index is 394. The summed E-state index contributed by atoms with van der Waals surface area (Å²) >= 11 is 5.17. The number of benzene rings is 1. The summed E-state index contributed by atoms with van der Waals surface area (Å²) in [5.74, 6) is 0. The molecular formula is C8H6BrNS. The maximum absolute atomic E-state index is 4.25. The fourth-order valence-corrected chi connectivity index (χ4v) is 2.26. The fraction of sp³-hybridized carbons (Fsp3) is 0.125. The monoisotopic (exact) mass is 227 g/mol. The van der Waals surface area contributed by atoms with Crippen molar-refractivity contribution in [2.24, 2.45) is 0 Å². The topological polar surface area (TPSA) is 12.9 Å². The first-order valence-electron chi connectivity index (χ1n) is 3.27. The van der Waals surface area contributed by atoms with Gasteiger partial charge in [0.05, 0.1) is 15.7 Å². The van der Waals surface area contributed by atoms with E-state index in [1.807, 2.05) is 5.51 Å². The number of thiazole rings is 1. The van der Waals surface area contributed by atoms with Crippen molar-refractivity contribution in [3.8, 4) is 0 Å². The van der Waals surface area contributed by atoms with E-state index in [0.29, 0.717) is 0 Å². The lowest BCUT2D eigenvalue weighted by Gasteiger charge is -1.96. The van der Waals surface area contributed by atoms with Gasteiger partial charge < -0.3 is 0 Å². The molecule has 11 heavy (non-hydrogen) atoms. The molecule has 1 aromatic heterocycles. The molecule has 0 spiro atoms. The van der Waals surface area contributed by atoms with Crippen molar-refractivity contribution in [3.63, 3.8) is 0 Å². The van der Waals surface area contributed by atoms with Gasteiger partial charge in [-0.05, 0) is 34.5 Å². The normalized spacial score (nSPS) is 10.7. The van der Waals surface area contributed by atoms with Crippen LogP contribution in [-0.2, 0) is 0 Å². The maximum Gasteiger partial charge on any atom is 0.0956 e. The number of halogens is 1. The van der Waals surface area contributed by atoms with E-state index in [1.54, 1.807) is 11.3 Å². The summed E-state index contributed by atoms with van der Waals surface area (Å²) < 4.78 is 2.36. The molecule has 3 heteroatoms. The average molecular weight is 228 g/mol. The molecule has 0 aliphatic carbocycles. The zero-order valence-corrected chi connectivity index (χ0v) is 8.37. The third kappa shape index (κ3) is 1.08. The molecule has 0 atom stereocenters. The number of aryl methyl sites for hydroxylation is 1. The summed E-state index contributed by atoms with van der Waals surface area (Å²) in [6.07, 6.45) is 0. The largest absolute Gasteiger partial charge is 0.243 e. The lowest BCUT2D eigenvalue weighted by atomic mass is 10.2. The van der Waals surface area contributed by atoms with Crippen molar-refractivity contribution in [1.29, 1.82) is 0 Å². The lowest BCUT2D eigenvalue weighted by molar-refractivity contribution is 1.42. The molecule has 0 aliphatic rings. The Morgan fingerprint density at radius 2 is 2.27 bits per heavy atom. The molecule has 1 nitrogen and oxygen atoms in total. The zero-order valence-electron chi connectivity index (χ0n) is 5.97. The molecule has 2 aromatic rings. The van der Waals surface area contributed by atoms with E-state index in [-0.39, 0.29) is 0 Å². The quantitative estimate of drug-likeness (QED) is 0.673. The minimum atomic E-state index is 1.08.